The fraction of sp³-hybridized carbons (Fsp3) is 0.524. The quantitative estimate of drug-likeness (QED) is 0.715. The number of sulfonamides is 1. The summed E-state index contributed by atoms with van der Waals surface area (Å²) in [5, 5.41) is 4.17. The third-order valence-corrected chi connectivity index (χ3v) is 7.73. The molecule has 2 N–H and O–H groups in total. The zero-order valence-corrected chi connectivity index (χ0v) is 18.0. The second-order valence-electron chi connectivity index (χ2n) is 8.10. The van der Waals surface area contributed by atoms with E-state index in [1.165, 1.54) is 0 Å². The van der Waals surface area contributed by atoms with Crippen LogP contribution in [0.4, 0.5) is 0 Å². The Morgan fingerprint density at radius 1 is 1.30 bits per heavy atom. The first-order valence-electron chi connectivity index (χ1n) is 10.5. The second-order valence-corrected chi connectivity index (χ2v) is 10.1. The Bertz CT molecular complexity index is 1050. The first kappa shape index (κ1) is 20.9. The lowest BCUT2D eigenvalue weighted by atomic mass is 10.1. The number of fused-ring (bicyclic) bond motifs is 2. The third-order valence-electron chi connectivity index (χ3n) is 5.99. The SMILES string of the molecule is CCCN1C(=O)[C@@H]2C[C@H](NC(=O)CCc3c[nH]c4ccccc34)CN2CCS1(=O)=O. The van der Waals surface area contributed by atoms with Crippen LogP contribution < -0.4 is 5.32 Å². The number of hydrogen-bond acceptors (Lipinski definition) is 5. The van der Waals surface area contributed by atoms with Crippen molar-refractivity contribution in [2.45, 2.75) is 44.7 Å². The van der Waals surface area contributed by atoms with Gasteiger partial charge in [-0.15, -0.1) is 0 Å². The first-order chi connectivity index (χ1) is 14.4. The van der Waals surface area contributed by atoms with E-state index in [0.717, 1.165) is 20.8 Å². The molecule has 30 heavy (non-hydrogen) atoms. The Balaban J connectivity index is 1.35. The molecule has 2 fully saturated rings. The van der Waals surface area contributed by atoms with Crippen LogP contribution in [0.25, 0.3) is 10.9 Å². The summed E-state index contributed by atoms with van der Waals surface area (Å²) in [6.07, 6.45) is 3.99. The molecule has 0 bridgehead atoms. The Kier molecular flexibility index (Phi) is 5.84. The molecule has 9 heteroatoms. The number of rotatable bonds is 6. The van der Waals surface area contributed by atoms with Crippen molar-refractivity contribution in [3.8, 4) is 0 Å². The molecular weight excluding hydrogens is 404 g/mol. The van der Waals surface area contributed by atoms with Crippen molar-refractivity contribution in [1.82, 2.24) is 19.5 Å². The molecule has 3 heterocycles. The number of H-pyrrole nitrogens is 1. The number of aryl methyl sites for hydroxylation is 1. The van der Waals surface area contributed by atoms with E-state index >= 15 is 0 Å². The number of amides is 2. The summed E-state index contributed by atoms with van der Waals surface area (Å²) in [5.74, 6) is -0.463. The number of para-hydroxylation sites is 1. The van der Waals surface area contributed by atoms with E-state index in [4.69, 9.17) is 0 Å². The van der Waals surface area contributed by atoms with Gasteiger partial charge in [-0.3, -0.25) is 14.5 Å². The maximum atomic E-state index is 12.9. The van der Waals surface area contributed by atoms with Gasteiger partial charge < -0.3 is 10.3 Å². The van der Waals surface area contributed by atoms with E-state index in [0.29, 0.717) is 38.8 Å². The molecule has 8 nitrogen and oxygen atoms in total. The van der Waals surface area contributed by atoms with Crippen LogP contribution in [0.1, 0.15) is 31.7 Å². The van der Waals surface area contributed by atoms with Gasteiger partial charge in [-0.05, 0) is 30.9 Å². The number of carbonyl (C=O) groups excluding carboxylic acids is 2. The molecule has 4 rings (SSSR count). The van der Waals surface area contributed by atoms with Crippen molar-refractivity contribution in [3.63, 3.8) is 0 Å². The Hall–Kier alpha value is -2.39. The lowest BCUT2D eigenvalue weighted by Gasteiger charge is -2.23. The minimum Gasteiger partial charge on any atom is -0.361 e. The lowest BCUT2D eigenvalue weighted by molar-refractivity contribution is -0.130. The fourth-order valence-corrected chi connectivity index (χ4v) is 6.04. The van der Waals surface area contributed by atoms with Crippen molar-refractivity contribution in [1.29, 1.82) is 0 Å². The molecule has 0 radical (unpaired) electrons. The molecular formula is C21H28N4O4S. The summed E-state index contributed by atoms with van der Waals surface area (Å²) < 4.78 is 25.8. The van der Waals surface area contributed by atoms with Gasteiger partial charge in [-0.2, -0.15) is 0 Å². The minimum atomic E-state index is -3.55. The predicted octanol–water partition coefficient (Wildman–Crippen LogP) is 1.24. The minimum absolute atomic E-state index is 0.0478. The number of hydrogen-bond donors (Lipinski definition) is 2. The highest BCUT2D eigenvalue weighted by Crippen LogP contribution is 2.25. The Morgan fingerprint density at radius 2 is 2.10 bits per heavy atom. The topological polar surface area (TPSA) is 103 Å². The summed E-state index contributed by atoms with van der Waals surface area (Å²) in [6, 6.07) is 7.39. The van der Waals surface area contributed by atoms with E-state index in [1.54, 1.807) is 0 Å². The number of nitrogens with one attached hydrogen (secondary N) is 2. The van der Waals surface area contributed by atoms with Crippen LogP contribution in [-0.4, -0.2) is 71.9 Å². The van der Waals surface area contributed by atoms with Gasteiger partial charge in [0.1, 0.15) is 0 Å². The van der Waals surface area contributed by atoms with Gasteiger partial charge in [0.05, 0.1) is 11.8 Å². The number of benzene rings is 1. The van der Waals surface area contributed by atoms with Crippen molar-refractivity contribution >= 4 is 32.7 Å². The van der Waals surface area contributed by atoms with Gasteiger partial charge in [-0.25, -0.2) is 12.7 Å². The molecule has 2 atom stereocenters. The molecule has 1 aromatic carbocycles. The standard InChI is InChI=1S/C21H28N4O4S/c1-2-9-25-21(27)19-12-16(14-24(19)10-11-30(25,28)29)23-20(26)8-7-15-13-22-18-6-4-3-5-17(15)18/h3-6,13,16,19,22H,2,7-12,14H2,1H3,(H,23,26)/t16-,19-/m0/s1. The van der Waals surface area contributed by atoms with Crippen LogP contribution >= 0.6 is 0 Å². The molecule has 0 spiro atoms. The predicted molar refractivity (Wildman–Crippen MR) is 114 cm³/mol. The van der Waals surface area contributed by atoms with Crippen molar-refractivity contribution in [2.75, 3.05) is 25.4 Å². The van der Waals surface area contributed by atoms with Gasteiger partial charge in [0, 0.05) is 49.2 Å². The molecule has 162 valence electrons. The maximum Gasteiger partial charge on any atom is 0.253 e. The highest BCUT2D eigenvalue weighted by atomic mass is 32.2. The van der Waals surface area contributed by atoms with Crippen molar-refractivity contribution in [3.05, 3.63) is 36.0 Å². The van der Waals surface area contributed by atoms with E-state index in [9.17, 15) is 18.0 Å². The van der Waals surface area contributed by atoms with Gasteiger partial charge in [0.2, 0.25) is 15.9 Å². The molecule has 2 aromatic rings. The lowest BCUT2D eigenvalue weighted by Crippen LogP contribution is -2.44. The van der Waals surface area contributed by atoms with Gasteiger partial charge in [-0.1, -0.05) is 25.1 Å². The first-order valence-corrected chi connectivity index (χ1v) is 12.1. The Morgan fingerprint density at radius 3 is 2.90 bits per heavy atom. The number of aromatic amines is 1. The van der Waals surface area contributed by atoms with Crippen LogP contribution in [0.3, 0.4) is 0 Å². The summed E-state index contributed by atoms with van der Waals surface area (Å²) in [4.78, 5) is 30.5. The fourth-order valence-electron chi connectivity index (χ4n) is 4.50. The van der Waals surface area contributed by atoms with Crippen LogP contribution in [-0.2, 0) is 26.0 Å². The highest BCUT2D eigenvalue weighted by molar-refractivity contribution is 7.89. The molecule has 1 aromatic heterocycles. The van der Waals surface area contributed by atoms with Gasteiger partial charge in [0.25, 0.3) is 5.91 Å². The Labute approximate surface area is 176 Å². The maximum absolute atomic E-state index is 12.9. The van der Waals surface area contributed by atoms with Crippen molar-refractivity contribution in [2.24, 2.45) is 0 Å². The average Bonchev–Trinajstić information content (AvgIpc) is 3.30. The molecule has 0 unspecified atom stereocenters. The smallest absolute Gasteiger partial charge is 0.253 e. The summed E-state index contributed by atoms with van der Waals surface area (Å²) in [5.41, 5.74) is 2.17. The van der Waals surface area contributed by atoms with Gasteiger partial charge in [0.15, 0.2) is 0 Å². The highest BCUT2D eigenvalue weighted by Gasteiger charge is 2.44. The molecule has 2 amide bonds. The molecule has 2 aliphatic heterocycles. The van der Waals surface area contributed by atoms with Crippen LogP contribution in [0, 0.1) is 0 Å². The molecule has 0 aliphatic carbocycles. The van der Waals surface area contributed by atoms with Crippen molar-refractivity contribution < 1.29 is 18.0 Å². The zero-order chi connectivity index (χ0) is 21.3. The van der Waals surface area contributed by atoms with E-state index in [-0.39, 0.29) is 30.2 Å². The second kappa shape index (κ2) is 8.39. The molecule has 0 saturated carbocycles. The largest absolute Gasteiger partial charge is 0.361 e. The summed E-state index contributed by atoms with van der Waals surface area (Å²) in [6.45, 7) is 2.90. The van der Waals surface area contributed by atoms with Crippen LogP contribution in [0.5, 0.6) is 0 Å². The normalized spacial score (nSPS) is 24.0. The monoisotopic (exact) mass is 432 g/mol. The average molecular weight is 433 g/mol. The van der Waals surface area contributed by atoms with E-state index in [2.05, 4.69) is 10.3 Å². The van der Waals surface area contributed by atoms with E-state index < -0.39 is 16.1 Å². The van der Waals surface area contributed by atoms with Crippen LogP contribution in [0.15, 0.2) is 30.5 Å². The number of carbonyl (C=O) groups is 2. The third kappa shape index (κ3) is 4.09. The number of aromatic nitrogens is 1. The summed E-state index contributed by atoms with van der Waals surface area (Å²) in [7, 11) is -3.55. The van der Waals surface area contributed by atoms with Crippen LogP contribution in [0.2, 0.25) is 0 Å². The van der Waals surface area contributed by atoms with E-state index in [1.807, 2.05) is 42.3 Å². The number of nitrogens with zero attached hydrogens (tertiary/aromatic N) is 2. The van der Waals surface area contributed by atoms with Gasteiger partial charge >= 0.3 is 0 Å². The molecule has 2 aliphatic rings. The summed E-state index contributed by atoms with van der Waals surface area (Å²) >= 11 is 0. The zero-order valence-electron chi connectivity index (χ0n) is 17.1. The molecule has 2 saturated heterocycles.